The predicted molar refractivity (Wildman–Crippen MR) is 82.7 cm³/mol. The van der Waals surface area contributed by atoms with E-state index in [1.165, 1.54) is 0 Å². The Kier molecular flexibility index (Phi) is 4.14. The molecule has 4 heteroatoms. The van der Waals surface area contributed by atoms with Crippen molar-refractivity contribution < 1.29 is 5.11 Å². The minimum Gasteiger partial charge on any atom is -0.388 e. The van der Waals surface area contributed by atoms with Crippen LogP contribution >= 0.6 is 0 Å². The highest BCUT2D eigenvalue weighted by molar-refractivity contribution is 5.11. The highest BCUT2D eigenvalue weighted by atomic mass is 16.3. The lowest BCUT2D eigenvalue weighted by molar-refractivity contribution is -0.0332. The second kappa shape index (κ2) is 4.83. The van der Waals surface area contributed by atoms with Crippen LogP contribution in [-0.4, -0.2) is 25.7 Å². The number of rotatable bonds is 4. The van der Waals surface area contributed by atoms with Gasteiger partial charge in [0.15, 0.2) is 0 Å². The van der Waals surface area contributed by atoms with Gasteiger partial charge in [-0.25, -0.2) is 4.68 Å². The number of aromatic nitrogens is 3. The molecule has 0 radical (unpaired) electrons. The minimum atomic E-state index is -0.869. The third-order valence-electron chi connectivity index (χ3n) is 4.23. The maximum atomic E-state index is 10.3. The first-order valence-electron chi connectivity index (χ1n) is 7.32. The van der Waals surface area contributed by atoms with Gasteiger partial charge in [-0.05, 0) is 39.5 Å². The van der Waals surface area contributed by atoms with E-state index in [1.807, 2.05) is 20.0 Å². The first kappa shape index (κ1) is 17.2. The van der Waals surface area contributed by atoms with Crippen molar-refractivity contribution in [1.29, 1.82) is 0 Å². The van der Waals surface area contributed by atoms with Gasteiger partial charge in [0.05, 0.1) is 16.8 Å². The Morgan fingerprint density at radius 2 is 1.50 bits per heavy atom. The van der Waals surface area contributed by atoms with Crippen molar-refractivity contribution in [3.05, 3.63) is 11.9 Å². The monoisotopic (exact) mass is 281 g/mol. The van der Waals surface area contributed by atoms with Crippen LogP contribution < -0.4 is 0 Å². The first-order chi connectivity index (χ1) is 8.67. The third-order valence-corrected chi connectivity index (χ3v) is 4.23. The largest absolute Gasteiger partial charge is 0.388 e. The minimum absolute atomic E-state index is 0.0355. The van der Waals surface area contributed by atoms with Crippen LogP contribution in [-0.2, 0) is 11.0 Å². The molecular weight excluding hydrogens is 250 g/mol. The van der Waals surface area contributed by atoms with Crippen LogP contribution in [0.1, 0.15) is 74.4 Å². The van der Waals surface area contributed by atoms with E-state index in [4.69, 9.17) is 0 Å². The second-order valence-electron chi connectivity index (χ2n) is 8.79. The van der Waals surface area contributed by atoms with Crippen LogP contribution in [0.4, 0.5) is 0 Å². The molecule has 1 heterocycles. The van der Waals surface area contributed by atoms with Gasteiger partial charge in [0.25, 0.3) is 0 Å². The quantitative estimate of drug-likeness (QED) is 0.919. The standard InChI is InChI=1S/C16H31N3O/c1-13(2,3)11-14(4,5)12-10-19(18-17-12)15(6,7)16(8,9)20/h10,20H,11H2,1-9H3. The number of hydrogen-bond acceptors (Lipinski definition) is 3. The van der Waals surface area contributed by atoms with E-state index >= 15 is 0 Å². The molecule has 0 aliphatic carbocycles. The third kappa shape index (κ3) is 3.60. The normalized spacial score (nSPS) is 14.7. The van der Waals surface area contributed by atoms with E-state index in [-0.39, 0.29) is 10.8 Å². The van der Waals surface area contributed by atoms with E-state index in [9.17, 15) is 5.11 Å². The van der Waals surface area contributed by atoms with Crippen molar-refractivity contribution in [2.24, 2.45) is 5.41 Å². The summed E-state index contributed by atoms with van der Waals surface area (Å²) in [7, 11) is 0. The Morgan fingerprint density at radius 1 is 1.00 bits per heavy atom. The number of aliphatic hydroxyl groups is 1. The molecule has 0 saturated carbocycles. The fourth-order valence-corrected chi connectivity index (χ4v) is 2.54. The highest BCUT2D eigenvalue weighted by Gasteiger charge is 2.39. The lowest BCUT2D eigenvalue weighted by Gasteiger charge is -2.37. The molecule has 1 aromatic rings. The molecule has 0 aliphatic rings. The summed E-state index contributed by atoms with van der Waals surface area (Å²) in [5, 5.41) is 18.9. The molecule has 0 saturated heterocycles. The Bertz CT molecular complexity index is 459. The molecule has 0 aromatic carbocycles. The van der Waals surface area contributed by atoms with Crippen molar-refractivity contribution in [2.45, 2.75) is 85.3 Å². The summed E-state index contributed by atoms with van der Waals surface area (Å²) in [4.78, 5) is 0. The zero-order valence-electron chi connectivity index (χ0n) is 14.6. The predicted octanol–water partition coefficient (Wildman–Crippen LogP) is 3.50. The molecule has 0 bridgehead atoms. The zero-order valence-corrected chi connectivity index (χ0v) is 14.6. The molecule has 0 unspecified atom stereocenters. The molecule has 1 aromatic heterocycles. The zero-order chi connectivity index (χ0) is 16.0. The van der Waals surface area contributed by atoms with Gasteiger partial charge in [-0.3, -0.25) is 0 Å². The number of hydrogen-bond donors (Lipinski definition) is 1. The maximum absolute atomic E-state index is 10.3. The summed E-state index contributed by atoms with van der Waals surface area (Å²) in [6.45, 7) is 18.7. The second-order valence-corrected chi connectivity index (χ2v) is 8.79. The smallest absolute Gasteiger partial charge is 0.0883 e. The lowest BCUT2D eigenvalue weighted by atomic mass is 9.74. The van der Waals surface area contributed by atoms with Crippen molar-refractivity contribution in [3.8, 4) is 0 Å². The Balaban J connectivity index is 3.10. The Labute approximate surface area is 123 Å². The summed E-state index contributed by atoms with van der Waals surface area (Å²) in [5.41, 5.74) is -0.197. The van der Waals surface area contributed by atoms with Gasteiger partial charge >= 0.3 is 0 Å². The summed E-state index contributed by atoms with van der Waals surface area (Å²) >= 11 is 0. The van der Waals surface area contributed by atoms with E-state index < -0.39 is 11.1 Å². The Morgan fingerprint density at radius 3 is 1.90 bits per heavy atom. The van der Waals surface area contributed by atoms with E-state index in [0.717, 1.165) is 12.1 Å². The summed E-state index contributed by atoms with van der Waals surface area (Å²) in [6, 6.07) is 0. The van der Waals surface area contributed by atoms with Crippen molar-refractivity contribution in [2.75, 3.05) is 0 Å². The van der Waals surface area contributed by atoms with Crippen molar-refractivity contribution in [3.63, 3.8) is 0 Å². The Hall–Kier alpha value is -0.900. The van der Waals surface area contributed by atoms with Crippen LogP contribution in [0.15, 0.2) is 6.20 Å². The molecule has 0 fully saturated rings. The summed E-state index contributed by atoms with van der Waals surface area (Å²) in [5.74, 6) is 0. The molecule has 0 aliphatic heterocycles. The SMILES string of the molecule is CC(C)(C)CC(C)(C)c1cn(C(C)(C)C(C)(C)O)nn1. The highest BCUT2D eigenvalue weighted by Crippen LogP contribution is 2.36. The molecule has 0 amide bonds. The van der Waals surface area contributed by atoms with Gasteiger partial charge in [0.1, 0.15) is 0 Å². The van der Waals surface area contributed by atoms with Crippen LogP contribution in [0.2, 0.25) is 0 Å². The summed E-state index contributed by atoms with van der Waals surface area (Å²) < 4.78 is 1.78. The average Bonchev–Trinajstić information content (AvgIpc) is 2.60. The molecular formula is C16H31N3O. The lowest BCUT2D eigenvalue weighted by Crippen LogP contribution is -2.47. The molecule has 4 nitrogen and oxygen atoms in total. The summed E-state index contributed by atoms with van der Waals surface area (Å²) in [6.07, 6.45) is 3.01. The van der Waals surface area contributed by atoms with Crippen molar-refractivity contribution >= 4 is 0 Å². The van der Waals surface area contributed by atoms with E-state index in [1.54, 1.807) is 18.5 Å². The van der Waals surface area contributed by atoms with Gasteiger partial charge in [-0.15, -0.1) is 5.10 Å². The van der Waals surface area contributed by atoms with E-state index in [0.29, 0.717) is 0 Å². The number of nitrogens with zero attached hydrogens (tertiary/aromatic N) is 3. The molecule has 1 N–H and O–H groups in total. The van der Waals surface area contributed by atoms with Crippen molar-refractivity contribution in [1.82, 2.24) is 15.0 Å². The van der Waals surface area contributed by atoms with Crippen LogP contribution in [0, 0.1) is 5.41 Å². The van der Waals surface area contributed by atoms with Gasteiger partial charge in [-0.2, -0.15) is 0 Å². The van der Waals surface area contributed by atoms with Crippen LogP contribution in [0.3, 0.4) is 0 Å². The van der Waals surface area contributed by atoms with Gasteiger partial charge < -0.3 is 5.11 Å². The molecule has 1 rings (SSSR count). The maximum Gasteiger partial charge on any atom is 0.0883 e. The molecule has 116 valence electrons. The fourth-order valence-electron chi connectivity index (χ4n) is 2.54. The topological polar surface area (TPSA) is 50.9 Å². The van der Waals surface area contributed by atoms with Crippen LogP contribution in [0.25, 0.3) is 0 Å². The van der Waals surface area contributed by atoms with Crippen LogP contribution in [0.5, 0.6) is 0 Å². The molecule has 20 heavy (non-hydrogen) atoms. The van der Waals surface area contributed by atoms with Gasteiger partial charge in [-0.1, -0.05) is 39.8 Å². The first-order valence-corrected chi connectivity index (χ1v) is 7.32. The molecule has 0 atom stereocenters. The fraction of sp³-hybridized carbons (Fsp3) is 0.875. The average molecular weight is 281 g/mol. The molecule has 0 spiro atoms. The van der Waals surface area contributed by atoms with Gasteiger partial charge in [0, 0.05) is 11.6 Å². The van der Waals surface area contributed by atoms with E-state index in [2.05, 4.69) is 44.9 Å². The van der Waals surface area contributed by atoms with Gasteiger partial charge in [0.2, 0.25) is 0 Å².